The largest absolute Gasteiger partial charge is 0.376 e. The normalized spacial score (nSPS) is 13.9. The molecule has 0 saturated carbocycles. The van der Waals surface area contributed by atoms with Gasteiger partial charge >= 0.3 is 0 Å². The molecule has 0 saturated heterocycles. The van der Waals surface area contributed by atoms with Crippen molar-refractivity contribution in [1.82, 2.24) is 9.97 Å². The van der Waals surface area contributed by atoms with Gasteiger partial charge in [0, 0.05) is 22.0 Å². The molecule has 1 aliphatic rings. The second kappa shape index (κ2) is 5.65. The average Bonchev–Trinajstić information content (AvgIpc) is 2.49. The van der Waals surface area contributed by atoms with Gasteiger partial charge in [0.15, 0.2) is 5.82 Å². The maximum Gasteiger partial charge on any atom is 0.161 e. The lowest BCUT2D eigenvalue weighted by atomic mass is 10.1. The molecule has 0 amide bonds. The molecule has 0 bridgehead atoms. The van der Waals surface area contributed by atoms with E-state index in [4.69, 9.17) is 22.2 Å². The van der Waals surface area contributed by atoms with Gasteiger partial charge in [-0.25, -0.2) is 15.8 Å². The number of nitrogens with two attached hydrogens (primary N) is 1. The summed E-state index contributed by atoms with van der Waals surface area (Å²) < 4.78 is 6.26. The fourth-order valence-corrected chi connectivity index (χ4v) is 2.54. The molecule has 1 aromatic carbocycles. The number of hydrazine groups is 1. The zero-order valence-corrected chi connectivity index (χ0v) is 12.8. The third-order valence-electron chi connectivity index (χ3n) is 3.14. The third-order valence-corrected chi connectivity index (χ3v) is 4.37. The van der Waals surface area contributed by atoms with Crippen LogP contribution in [0.2, 0.25) is 5.02 Å². The van der Waals surface area contributed by atoms with Gasteiger partial charge in [-0.05, 0) is 34.1 Å². The number of rotatable bonds is 2. The molecule has 20 heavy (non-hydrogen) atoms. The van der Waals surface area contributed by atoms with Crippen molar-refractivity contribution in [3.63, 3.8) is 0 Å². The van der Waals surface area contributed by atoms with Crippen LogP contribution < -0.4 is 11.3 Å². The highest BCUT2D eigenvalue weighted by Crippen LogP contribution is 2.30. The minimum Gasteiger partial charge on any atom is -0.376 e. The van der Waals surface area contributed by atoms with E-state index in [9.17, 15) is 0 Å². The van der Waals surface area contributed by atoms with Crippen LogP contribution in [0.25, 0.3) is 11.4 Å². The number of hydrogen-bond acceptors (Lipinski definition) is 5. The van der Waals surface area contributed by atoms with Gasteiger partial charge in [-0.15, -0.1) is 0 Å². The maximum atomic E-state index is 6.12. The highest BCUT2D eigenvalue weighted by Gasteiger charge is 2.18. The maximum absolute atomic E-state index is 6.12. The van der Waals surface area contributed by atoms with Crippen LogP contribution in [-0.4, -0.2) is 16.6 Å². The Bertz CT molecular complexity index is 648. The van der Waals surface area contributed by atoms with E-state index in [2.05, 4.69) is 31.3 Å². The van der Waals surface area contributed by atoms with Crippen molar-refractivity contribution in [3.8, 4) is 11.4 Å². The minimum absolute atomic E-state index is 0.482. The lowest BCUT2D eigenvalue weighted by molar-refractivity contribution is 0.109. The van der Waals surface area contributed by atoms with Crippen molar-refractivity contribution < 1.29 is 4.74 Å². The molecule has 104 valence electrons. The number of halogens is 2. The van der Waals surface area contributed by atoms with Crippen molar-refractivity contribution in [1.29, 1.82) is 0 Å². The van der Waals surface area contributed by atoms with Gasteiger partial charge in [0.2, 0.25) is 0 Å². The van der Waals surface area contributed by atoms with Crippen LogP contribution in [0.3, 0.4) is 0 Å². The smallest absolute Gasteiger partial charge is 0.161 e. The molecule has 3 N–H and O–H groups in total. The second-order valence-corrected chi connectivity index (χ2v) is 5.66. The van der Waals surface area contributed by atoms with E-state index < -0.39 is 0 Å². The number of fused-ring (bicyclic) bond motifs is 1. The molecule has 5 nitrogen and oxygen atoms in total. The van der Waals surface area contributed by atoms with Crippen LogP contribution in [0.15, 0.2) is 22.7 Å². The number of nitrogens with zero attached hydrogens (tertiary/aromatic N) is 2. The average molecular weight is 356 g/mol. The van der Waals surface area contributed by atoms with Gasteiger partial charge < -0.3 is 10.2 Å². The van der Waals surface area contributed by atoms with Crippen molar-refractivity contribution in [3.05, 3.63) is 39.0 Å². The zero-order valence-electron chi connectivity index (χ0n) is 10.5. The Kier molecular flexibility index (Phi) is 3.89. The summed E-state index contributed by atoms with van der Waals surface area (Å²) >= 11 is 9.49. The Hall–Kier alpha value is -1.21. The first-order chi connectivity index (χ1) is 9.69. The molecule has 2 heterocycles. The quantitative estimate of drug-likeness (QED) is 0.640. The Morgan fingerprint density at radius 1 is 1.35 bits per heavy atom. The van der Waals surface area contributed by atoms with E-state index in [-0.39, 0.29) is 0 Å². The summed E-state index contributed by atoms with van der Waals surface area (Å²) in [6.45, 7) is 1.14. The Balaban J connectivity index is 2.11. The first kappa shape index (κ1) is 13.8. The predicted molar refractivity (Wildman–Crippen MR) is 81.3 cm³/mol. The Morgan fingerprint density at radius 3 is 2.95 bits per heavy atom. The second-order valence-electron chi connectivity index (χ2n) is 4.40. The Morgan fingerprint density at radius 2 is 2.20 bits per heavy atom. The topological polar surface area (TPSA) is 73.1 Å². The molecule has 0 spiro atoms. The lowest BCUT2D eigenvalue weighted by Gasteiger charge is -2.19. The van der Waals surface area contributed by atoms with Crippen molar-refractivity contribution in [2.75, 3.05) is 12.0 Å². The number of nitrogens with one attached hydrogen (secondary N) is 1. The van der Waals surface area contributed by atoms with Crippen molar-refractivity contribution in [2.24, 2.45) is 5.84 Å². The number of nitrogen functional groups attached to an aromatic ring is 1. The molecule has 1 aliphatic heterocycles. The summed E-state index contributed by atoms with van der Waals surface area (Å²) in [7, 11) is 0. The highest BCUT2D eigenvalue weighted by molar-refractivity contribution is 9.10. The van der Waals surface area contributed by atoms with Crippen LogP contribution in [0.4, 0.5) is 5.82 Å². The molecule has 0 atom stereocenters. The van der Waals surface area contributed by atoms with Crippen LogP contribution in [0, 0.1) is 0 Å². The standard InChI is InChI=1S/C13H12BrClN4O/c14-9-2-1-7(5-10(9)15)12-17-11-3-4-20-6-8(11)13(18-12)19-16/h1-2,5H,3-4,6,16H2,(H,17,18,19). The molecule has 0 radical (unpaired) electrons. The van der Waals surface area contributed by atoms with E-state index in [1.54, 1.807) is 0 Å². The van der Waals surface area contributed by atoms with Gasteiger partial charge in [-0.1, -0.05) is 11.6 Å². The summed E-state index contributed by atoms with van der Waals surface area (Å²) in [5.74, 6) is 6.75. The third kappa shape index (κ3) is 2.52. The molecule has 3 rings (SSSR count). The molecular weight excluding hydrogens is 344 g/mol. The van der Waals surface area contributed by atoms with Gasteiger partial charge in [0.25, 0.3) is 0 Å². The van der Waals surface area contributed by atoms with Crippen LogP contribution in [0.1, 0.15) is 11.3 Å². The SMILES string of the molecule is NNc1nc(-c2ccc(Br)c(Cl)c2)nc2c1COCC2. The fourth-order valence-electron chi connectivity index (χ4n) is 2.12. The van der Waals surface area contributed by atoms with Gasteiger partial charge in [-0.3, -0.25) is 0 Å². The van der Waals surface area contributed by atoms with Crippen LogP contribution in [0.5, 0.6) is 0 Å². The number of hydrogen-bond donors (Lipinski definition) is 2. The minimum atomic E-state index is 0.482. The van der Waals surface area contributed by atoms with E-state index in [0.717, 1.165) is 27.7 Å². The predicted octanol–water partition coefficient (Wildman–Crippen LogP) is 2.92. The van der Waals surface area contributed by atoms with Gasteiger partial charge in [0.05, 0.1) is 23.9 Å². The molecule has 7 heteroatoms. The summed E-state index contributed by atoms with van der Waals surface area (Å²) in [6.07, 6.45) is 0.754. The van der Waals surface area contributed by atoms with E-state index >= 15 is 0 Å². The molecule has 0 fully saturated rings. The van der Waals surface area contributed by atoms with Crippen molar-refractivity contribution >= 4 is 33.3 Å². The molecular formula is C13H12BrClN4O. The number of anilines is 1. The highest BCUT2D eigenvalue weighted by atomic mass is 79.9. The molecule has 1 aromatic heterocycles. The summed E-state index contributed by atoms with van der Waals surface area (Å²) in [6, 6.07) is 5.61. The van der Waals surface area contributed by atoms with Gasteiger partial charge in [0.1, 0.15) is 5.82 Å². The van der Waals surface area contributed by atoms with E-state index in [1.165, 1.54) is 0 Å². The summed E-state index contributed by atoms with van der Waals surface area (Å²) in [4.78, 5) is 9.05. The van der Waals surface area contributed by atoms with Crippen LogP contribution in [-0.2, 0) is 17.8 Å². The van der Waals surface area contributed by atoms with E-state index in [1.807, 2.05) is 18.2 Å². The summed E-state index contributed by atoms with van der Waals surface area (Å²) in [5, 5.41) is 0.620. The van der Waals surface area contributed by atoms with Crippen molar-refractivity contribution in [2.45, 2.75) is 13.0 Å². The van der Waals surface area contributed by atoms with Gasteiger partial charge in [-0.2, -0.15) is 0 Å². The molecule has 0 aliphatic carbocycles. The monoisotopic (exact) mass is 354 g/mol. The molecule has 2 aromatic rings. The summed E-state index contributed by atoms with van der Waals surface area (Å²) in [5.41, 5.74) is 5.36. The zero-order chi connectivity index (χ0) is 14.1. The number of aromatic nitrogens is 2. The first-order valence-electron chi connectivity index (χ1n) is 6.08. The lowest BCUT2D eigenvalue weighted by Crippen LogP contribution is -2.19. The van der Waals surface area contributed by atoms with E-state index in [0.29, 0.717) is 29.9 Å². The Labute approximate surface area is 129 Å². The first-order valence-corrected chi connectivity index (χ1v) is 7.25. The number of benzene rings is 1. The number of ether oxygens (including phenoxy) is 1. The van der Waals surface area contributed by atoms with Crippen LogP contribution >= 0.6 is 27.5 Å². The molecule has 0 unspecified atom stereocenters. The fraction of sp³-hybridized carbons (Fsp3) is 0.231.